The lowest BCUT2D eigenvalue weighted by Gasteiger charge is -2.21. The summed E-state index contributed by atoms with van der Waals surface area (Å²) in [6.07, 6.45) is 1.78. The van der Waals surface area contributed by atoms with E-state index in [1.54, 1.807) is 11.1 Å². The number of aromatic nitrogens is 2. The maximum atomic E-state index is 13.5. The van der Waals surface area contributed by atoms with Crippen LogP contribution < -0.4 is 4.90 Å². The average Bonchev–Trinajstić information content (AvgIpc) is 3.29. The first kappa shape index (κ1) is 21.6. The molecular weight excluding hydrogens is 427 g/mol. The first-order valence-corrected chi connectivity index (χ1v) is 10.2. The van der Waals surface area contributed by atoms with E-state index >= 15 is 0 Å². The van der Waals surface area contributed by atoms with Crippen molar-refractivity contribution in [3.8, 4) is 0 Å². The summed E-state index contributed by atoms with van der Waals surface area (Å²) in [4.78, 5) is 25.3. The van der Waals surface area contributed by atoms with Crippen LogP contribution in [0.4, 0.5) is 5.13 Å². The molecule has 0 unspecified atom stereocenters. The highest BCUT2D eigenvalue weighted by atomic mass is 35.5. The van der Waals surface area contributed by atoms with Crippen molar-refractivity contribution in [2.24, 2.45) is 0 Å². The predicted molar refractivity (Wildman–Crippen MR) is 125 cm³/mol. The molecule has 0 aliphatic heterocycles. The Bertz CT molecular complexity index is 1170. The number of likely N-dealkylation sites (N-methyl/N-ethyl adjacent to an activating group) is 1. The summed E-state index contributed by atoms with van der Waals surface area (Å²) in [5.74, 6) is -0.0536. The third kappa shape index (κ3) is 4.12. The summed E-state index contributed by atoms with van der Waals surface area (Å²) in [7, 11) is 3.99. The molecule has 152 valence electrons. The van der Waals surface area contributed by atoms with E-state index in [1.165, 1.54) is 11.3 Å². The number of nitrogens with one attached hydrogen (secondary N) is 1. The highest BCUT2D eigenvalue weighted by molar-refractivity contribution is 7.22. The fourth-order valence-corrected chi connectivity index (χ4v) is 4.38. The van der Waals surface area contributed by atoms with Gasteiger partial charge in [-0.1, -0.05) is 41.1 Å². The van der Waals surface area contributed by atoms with Gasteiger partial charge in [0.15, 0.2) is 5.13 Å². The van der Waals surface area contributed by atoms with Crippen LogP contribution in [0.3, 0.4) is 0 Å². The van der Waals surface area contributed by atoms with Crippen LogP contribution in [0.15, 0.2) is 42.6 Å². The molecule has 2 aromatic carbocycles. The van der Waals surface area contributed by atoms with Gasteiger partial charge in [-0.15, -0.1) is 12.4 Å². The molecule has 0 aliphatic rings. The topological polar surface area (TPSA) is 52.2 Å². The monoisotopic (exact) mass is 448 g/mol. The summed E-state index contributed by atoms with van der Waals surface area (Å²) >= 11 is 7.78. The highest BCUT2D eigenvalue weighted by Crippen LogP contribution is 2.34. The number of hydrogen-bond acceptors (Lipinski definition) is 4. The molecule has 2 heterocycles. The molecule has 4 aromatic rings. The number of halogens is 2. The van der Waals surface area contributed by atoms with E-state index in [1.807, 2.05) is 57.4 Å². The van der Waals surface area contributed by atoms with Gasteiger partial charge in [-0.25, -0.2) is 4.98 Å². The van der Waals surface area contributed by atoms with Crippen molar-refractivity contribution in [2.75, 3.05) is 32.1 Å². The number of nitrogens with zero attached hydrogens (tertiary/aromatic N) is 3. The number of hydrogen-bond donors (Lipinski definition) is 1. The van der Waals surface area contributed by atoms with Gasteiger partial charge < -0.3 is 9.88 Å². The van der Waals surface area contributed by atoms with Crippen molar-refractivity contribution < 1.29 is 4.79 Å². The minimum Gasteiger partial charge on any atom is -0.360 e. The second kappa shape index (κ2) is 8.71. The molecule has 0 saturated heterocycles. The number of anilines is 1. The average molecular weight is 449 g/mol. The molecule has 8 heteroatoms. The van der Waals surface area contributed by atoms with E-state index in [-0.39, 0.29) is 18.3 Å². The molecular formula is C21H22Cl2N4OS. The number of para-hydroxylation sites is 1. The van der Waals surface area contributed by atoms with Gasteiger partial charge in [0, 0.05) is 35.2 Å². The van der Waals surface area contributed by atoms with Crippen LogP contribution in [0, 0.1) is 6.92 Å². The minimum atomic E-state index is -0.0536. The lowest BCUT2D eigenvalue weighted by Crippen LogP contribution is -2.36. The molecule has 5 nitrogen and oxygen atoms in total. The largest absolute Gasteiger partial charge is 0.360 e. The Morgan fingerprint density at radius 3 is 2.69 bits per heavy atom. The van der Waals surface area contributed by atoms with Gasteiger partial charge in [0.2, 0.25) is 0 Å². The molecule has 0 atom stereocenters. The summed E-state index contributed by atoms with van der Waals surface area (Å²) in [6.45, 7) is 3.25. The highest BCUT2D eigenvalue weighted by Gasteiger charge is 2.24. The van der Waals surface area contributed by atoms with E-state index in [2.05, 4.69) is 9.88 Å². The predicted octanol–water partition coefficient (Wildman–Crippen LogP) is 5.37. The standard InChI is InChI=1S/C21H21ClN4OS.ClH/c1-13-16(22)8-9-18-19(13)24-21(28-18)26(11-10-25(2)3)20(27)15-12-23-17-7-5-4-6-14(15)17;/h4-9,12,23H,10-11H2,1-3H3;1H. The summed E-state index contributed by atoms with van der Waals surface area (Å²) in [6, 6.07) is 11.7. The quantitative estimate of drug-likeness (QED) is 0.446. The number of carbonyl (C=O) groups excluding carboxylic acids is 1. The maximum Gasteiger partial charge on any atom is 0.262 e. The zero-order chi connectivity index (χ0) is 19.8. The third-order valence-electron chi connectivity index (χ3n) is 4.80. The van der Waals surface area contributed by atoms with Crippen molar-refractivity contribution in [1.29, 1.82) is 0 Å². The Hall–Kier alpha value is -2.12. The minimum absolute atomic E-state index is 0. The van der Waals surface area contributed by atoms with Crippen LogP contribution in [0.25, 0.3) is 21.1 Å². The first-order valence-electron chi connectivity index (χ1n) is 9.04. The molecule has 4 rings (SSSR count). The molecule has 1 amide bonds. The molecule has 29 heavy (non-hydrogen) atoms. The number of amides is 1. The van der Waals surface area contributed by atoms with Gasteiger partial charge in [-0.05, 0) is 44.8 Å². The van der Waals surface area contributed by atoms with Crippen LogP contribution in [0.1, 0.15) is 15.9 Å². The summed E-state index contributed by atoms with van der Waals surface area (Å²) in [5.41, 5.74) is 3.40. The number of aryl methyl sites for hydroxylation is 1. The van der Waals surface area contributed by atoms with Crippen molar-refractivity contribution in [3.63, 3.8) is 0 Å². The zero-order valence-corrected chi connectivity index (χ0v) is 18.8. The van der Waals surface area contributed by atoms with Crippen molar-refractivity contribution in [1.82, 2.24) is 14.9 Å². The number of H-pyrrole nitrogens is 1. The Balaban J connectivity index is 0.00000240. The lowest BCUT2D eigenvalue weighted by atomic mass is 10.1. The third-order valence-corrected chi connectivity index (χ3v) is 6.26. The van der Waals surface area contributed by atoms with E-state index < -0.39 is 0 Å². The van der Waals surface area contributed by atoms with Crippen LogP contribution in [-0.4, -0.2) is 48.0 Å². The van der Waals surface area contributed by atoms with E-state index in [4.69, 9.17) is 16.6 Å². The molecule has 0 aliphatic carbocycles. The van der Waals surface area contributed by atoms with Gasteiger partial charge in [-0.3, -0.25) is 9.69 Å². The van der Waals surface area contributed by atoms with E-state index in [0.717, 1.165) is 33.2 Å². The number of benzene rings is 2. The number of rotatable bonds is 5. The van der Waals surface area contributed by atoms with E-state index in [0.29, 0.717) is 22.3 Å². The molecule has 0 bridgehead atoms. The van der Waals surface area contributed by atoms with Crippen molar-refractivity contribution in [3.05, 3.63) is 58.7 Å². The van der Waals surface area contributed by atoms with Crippen LogP contribution in [-0.2, 0) is 0 Å². The van der Waals surface area contributed by atoms with E-state index in [9.17, 15) is 4.79 Å². The maximum absolute atomic E-state index is 13.5. The Kier molecular flexibility index (Phi) is 6.49. The molecule has 0 radical (unpaired) electrons. The van der Waals surface area contributed by atoms with Gasteiger partial charge >= 0.3 is 0 Å². The summed E-state index contributed by atoms with van der Waals surface area (Å²) < 4.78 is 1.03. The van der Waals surface area contributed by atoms with Gasteiger partial charge in [0.25, 0.3) is 5.91 Å². The molecule has 2 aromatic heterocycles. The molecule has 1 N–H and O–H groups in total. The van der Waals surface area contributed by atoms with Crippen LogP contribution in [0.2, 0.25) is 5.02 Å². The SMILES string of the molecule is Cc1c(Cl)ccc2sc(N(CCN(C)C)C(=O)c3c[nH]c4ccccc34)nc12.Cl. The number of thiazole rings is 1. The molecule has 0 fully saturated rings. The normalized spacial score (nSPS) is 11.2. The smallest absolute Gasteiger partial charge is 0.262 e. The van der Waals surface area contributed by atoms with Crippen LogP contribution >= 0.6 is 35.3 Å². The fourth-order valence-electron chi connectivity index (χ4n) is 3.18. The second-order valence-corrected chi connectivity index (χ2v) is 8.44. The fraction of sp³-hybridized carbons (Fsp3) is 0.238. The summed E-state index contributed by atoms with van der Waals surface area (Å²) in [5, 5.41) is 2.30. The van der Waals surface area contributed by atoms with Gasteiger partial charge in [0.05, 0.1) is 15.8 Å². The Morgan fingerprint density at radius 1 is 1.17 bits per heavy atom. The second-order valence-electron chi connectivity index (χ2n) is 7.02. The number of aromatic amines is 1. The van der Waals surface area contributed by atoms with Gasteiger partial charge in [-0.2, -0.15) is 0 Å². The lowest BCUT2D eigenvalue weighted by molar-refractivity contribution is 0.0987. The first-order chi connectivity index (χ1) is 13.5. The molecule has 0 spiro atoms. The van der Waals surface area contributed by atoms with Crippen LogP contribution in [0.5, 0.6) is 0 Å². The number of carbonyl (C=O) groups is 1. The zero-order valence-electron chi connectivity index (χ0n) is 16.4. The Morgan fingerprint density at radius 2 is 1.93 bits per heavy atom. The van der Waals surface area contributed by atoms with Crippen molar-refractivity contribution >= 4 is 67.5 Å². The van der Waals surface area contributed by atoms with Crippen molar-refractivity contribution in [2.45, 2.75) is 6.92 Å². The number of fused-ring (bicyclic) bond motifs is 2. The van der Waals surface area contributed by atoms with Gasteiger partial charge in [0.1, 0.15) is 0 Å². The Labute approximate surface area is 184 Å². The molecule has 0 saturated carbocycles.